The first-order valence-corrected chi connectivity index (χ1v) is 11.3. The van der Waals surface area contributed by atoms with Crippen molar-refractivity contribution in [2.75, 3.05) is 5.32 Å². The monoisotopic (exact) mass is 393 g/mol. The summed E-state index contributed by atoms with van der Waals surface area (Å²) in [5.41, 5.74) is -0.682. The van der Waals surface area contributed by atoms with Crippen LogP contribution in [0.2, 0.25) is 0 Å². The van der Waals surface area contributed by atoms with E-state index < -0.39 is 5.54 Å². The highest BCUT2D eigenvalue weighted by Crippen LogP contribution is 2.32. The van der Waals surface area contributed by atoms with E-state index in [-0.39, 0.29) is 11.2 Å². The normalized spacial score (nSPS) is 21.5. The quantitative estimate of drug-likeness (QED) is 0.707. The zero-order valence-electron chi connectivity index (χ0n) is 15.3. The number of nitrogens with one attached hydrogen (secondary N) is 2. The summed E-state index contributed by atoms with van der Waals surface area (Å²) in [6.45, 7) is 1.86. The van der Waals surface area contributed by atoms with Crippen molar-refractivity contribution >= 4 is 34.1 Å². The number of aromatic nitrogens is 2. The number of hydrogen-bond acceptors (Lipinski definition) is 7. The van der Waals surface area contributed by atoms with Gasteiger partial charge < -0.3 is 10.6 Å². The third-order valence-electron chi connectivity index (χ3n) is 5.27. The second-order valence-corrected chi connectivity index (χ2v) is 9.92. The summed E-state index contributed by atoms with van der Waals surface area (Å²) in [6.07, 6.45) is 10.9. The van der Waals surface area contributed by atoms with Gasteiger partial charge >= 0.3 is 0 Å². The molecule has 0 bridgehead atoms. The topological polar surface area (TPSA) is 90.7 Å². The maximum atomic E-state index is 12.6. The van der Waals surface area contributed by atoms with Crippen molar-refractivity contribution < 1.29 is 4.79 Å². The third kappa shape index (κ3) is 5.10. The number of nitriles is 1. The van der Waals surface area contributed by atoms with Crippen LogP contribution in [-0.4, -0.2) is 32.9 Å². The molecular formula is C18H27N5OS2. The van der Waals surface area contributed by atoms with Gasteiger partial charge in [0.25, 0.3) is 0 Å². The van der Waals surface area contributed by atoms with Crippen molar-refractivity contribution in [1.82, 2.24) is 15.5 Å². The second kappa shape index (κ2) is 9.05. The van der Waals surface area contributed by atoms with E-state index in [0.717, 1.165) is 41.6 Å². The standard InChI is InChI=1S/C18H27N5OS2/c1-13(15(24)21-18(12-19)10-6-3-7-11-18)25-17-23-22-16(26-17)20-14-8-4-2-5-9-14/h13-14H,2-11H2,1H3,(H,20,22)(H,21,24)/t13-/m1/s1. The molecule has 142 valence electrons. The fraction of sp³-hybridized carbons (Fsp3) is 0.778. The van der Waals surface area contributed by atoms with E-state index in [1.165, 1.54) is 55.2 Å². The molecule has 3 rings (SSSR count). The Bertz CT molecular complexity index is 644. The average Bonchev–Trinajstić information content (AvgIpc) is 3.10. The van der Waals surface area contributed by atoms with Crippen LogP contribution >= 0.6 is 23.1 Å². The summed E-state index contributed by atoms with van der Waals surface area (Å²) in [6, 6.07) is 2.84. The van der Waals surface area contributed by atoms with Gasteiger partial charge in [-0.15, -0.1) is 10.2 Å². The van der Waals surface area contributed by atoms with E-state index >= 15 is 0 Å². The van der Waals surface area contributed by atoms with Crippen molar-refractivity contribution in [2.24, 2.45) is 0 Å². The number of rotatable bonds is 6. The minimum Gasteiger partial charge on any atom is -0.357 e. The number of anilines is 1. The number of hydrogen-bond donors (Lipinski definition) is 2. The Labute approximate surface area is 163 Å². The van der Waals surface area contributed by atoms with Gasteiger partial charge in [-0.2, -0.15) is 5.26 Å². The van der Waals surface area contributed by atoms with Crippen LogP contribution in [0.25, 0.3) is 0 Å². The van der Waals surface area contributed by atoms with Crippen molar-refractivity contribution in [2.45, 2.75) is 92.3 Å². The molecule has 0 spiro atoms. The summed E-state index contributed by atoms with van der Waals surface area (Å²) in [4.78, 5) is 12.6. The zero-order valence-corrected chi connectivity index (χ0v) is 16.9. The Kier molecular flexibility index (Phi) is 6.76. The lowest BCUT2D eigenvalue weighted by Crippen LogP contribution is -2.50. The molecule has 1 aromatic heterocycles. The van der Waals surface area contributed by atoms with Gasteiger partial charge in [0.15, 0.2) is 4.34 Å². The highest BCUT2D eigenvalue weighted by atomic mass is 32.2. The number of nitrogens with zero attached hydrogens (tertiary/aromatic N) is 3. The Morgan fingerprint density at radius 1 is 1.23 bits per heavy atom. The van der Waals surface area contributed by atoms with Crippen molar-refractivity contribution in [3.8, 4) is 6.07 Å². The Hall–Kier alpha value is -1.33. The van der Waals surface area contributed by atoms with Crippen LogP contribution in [-0.2, 0) is 4.79 Å². The fourth-order valence-corrected chi connectivity index (χ4v) is 5.67. The van der Waals surface area contributed by atoms with Crippen molar-refractivity contribution in [3.05, 3.63) is 0 Å². The third-order valence-corrected chi connectivity index (χ3v) is 7.31. The molecule has 2 saturated carbocycles. The van der Waals surface area contributed by atoms with E-state index in [4.69, 9.17) is 0 Å². The van der Waals surface area contributed by atoms with Gasteiger partial charge in [0.05, 0.1) is 11.3 Å². The molecule has 0 saturated heterocycles. The second-order valence-electron chi connectivity index (χ2n) is 7.36. The van der Waals surface area contributed by atoms with E-state index in [0.29, 0.717) is 6.04 Å². The summed E-state index contributed by atoms with van der Waals surface area (Å²) in [7, 11) is 0. The smallest absolute Gasteiger partial charge is 0.234 e. The lowest BCUT2D eigenvalue weighted by Gasteiger charge is -2.32. The molecule has 1 amide bonds. The first kappa shape index (κ1) is 19.4. The molecule has 26 heavy (non-hydrogen) atoms. The maximum Gasteiger partial charge on any atom is 0.234 e. The van der Waals surface area contributed by atoms with Crippen molar-refractivity contribution in [3.63, 3.8) is 0 Å². The molecule has 2 aliphatic carbocycles. The van der Waals surface area contributed by atoms with Crippen molar-refractivity contribution in [1.29, 1.82) is 5.26 Å². The molecule has 0 aliphatic heterocycles. The van der Waals surface area contributed by atoms with Gasteiger partial charge in [-0.1, -0.05) is 61.6 Å². The highest BCUT2D eigenvalue weighted by Gasteiger charge is 2.35. The van der Waals surface area contributed by atoms with Gasteiger partial charge in [0, 0.05) is 6.04 Å². The number of carbonyl (C=O) groups excluding carboxylic acids is 1. The lowest BCUT2D eigenvalue weighted by atomic mass is 9.83. The zero-order chi connectivity index (χ0) is 18.4. The van der Waals surface area contributed by atoms with Gasteiger partial charge in [0.1, 0.15) is 5.54 Å². The van der Waals surface area contributed by atoms with Gasteiger partial charge in [-0.25, -0.2) is 0 Å². The first-order valence-electron chi connectivity index (χ1n) is 9.60. The van der Waals surface area contributed by atoms with Crippen LogP contribution in [0.3, 0.4) is 0 Å². The number of carbonyl (C=O) groups is 1. The van der Waals surface area contributed by atoms with Crippen LogP contribution in [0.5, 0.6) is 0 Å². The summed E-state index contributed by atoms with van der Waals surface area (Å²) in [5.74, 6) is -0.0876. The molecule has 6 nitrogen and oxygen atoms in total. The average molecular weight is 394 g/mol. The van der Waals surface area contributed by atoms with E-state index in [1.54, 1.807) is 0 Å². The lowest BCUT2D eigenvalue weighted by molar-refractivity contribution is -0.121. The molecule has 1 heterocycles. The maximum absolute atomic E-state index is 12.6. The van der Waals surface area contributed by atoms with E-state index in [1.807, 2.05) is 6.92 Å². The molecule has 2 N–H and O–H groups in total. The molecule has 0 unspecified atom stereocenters. The molecule has 1 aromatic rings. The predicted molar refractivity (Wildman–Crippen MR) is 105 cm³/mol. The molecule has 0 aromatic carbocycles. The first-order chi connectivity index (χ1) is 12.6. The number of amides is 1. The van der Waals surface area contributed by atoms with Crippen LogP contribution in [0.1, 0.15) is 71.1 Å². The predicted octanol–water partition coefficient (Wildman–Crippen LogP) is 4.11. The molecule has 1 atom stereocenters. The summed E-state index contributed by atoms with van der Waals surface area (Å²) < 4.78 is 0.792. The fourth-order valence-electron chi connectivity index (χ4n) is 3.70. The molecule has 2 fully saturated rings. The Morgan fingerprint density at radius 3 is 2.62 bits per heavy atom. The SMILES string of the molecule is C[C@@H](Sc1nnc(NC2CCCCC2)s1)C(=O)NC1(C#N)CCCCC1. The minimum absolute atomic E-state index is 0.0876. The van der Waals surface area contributed by atoms with E-state index in [9.17, 15) is 10.1 Å². The minimum atomic E-state index is -0.682. The summed E-state index contributed by atoms with van der Waals surface area (Å²) in [5, 5.41) is 25.0. The highest BCUT2D eigenvalue weighted by molar-refractivity contribution is 8.02. The van der Waals surface area contributed by atoms with Gasteiger partial charge in [-0.3, -0.25) is 4.79 Å². The van der Waals surface area contributed by atoms with Gasteiger partial charge in [-0.05, 0) is 32.6 Å². The Balaban J connectivity index is 1.51. The molecular weight excluding hydrogens is 366 g/mol. The summed E-state index contributed by atoms with van der Waals surface area (Å²) >= 11 is 2.92. The Morgan fingerprint density at radius 2 is 1.92 bits per heavy atom. The molecule has 0 radical (unpaired) electrons. The van der Waals surface area contributed by atoms with Crippen LogP contribution in [0.15, 0.2) is 4.34 Å². The van der Waals surface area contributed by atoms with Crippen LogP contribution < -0.4 is 10.6 Å². The van der Waals surface area contributed by atoms with Gasteiger partial charge in [0.2, 0.25) is 11.0 Å². The van der Waals surface area contributed by atoms with Crippen LogP contribution in [0.4, 0.5) is 5.13 Å². The molecule has 8 heteroatoms. The molecule has 2 aliphatic rings. The van der Waals surface area contributed by atoms with Crippen LogP contribution in [0, 0.1) is 11.3 Å². The van der Waals surface area contributed by atoms with E-state index in [2.05, 4.69) is 26.9 Å². The largest absolute Gasteiger partial charge is 0.357 e. The number of thioether (sulfide) groups is 1.